The molecule has 6 heterocycles. The maximum Gasteiger partial charge on any atom is 0.418 e. The Hall–Kier alpha value is -4.14. The van der Waals surface area contributed by atoms with Crippen molar-refractivity contribution in [2.45, 2.75) is 49.6 Å². The van der Waals surface area contributed by atoms with Gasteiger partial charge in [-0.1, -0.05) is 6.58 Å². The summed E-state index contributed by atoms with van der Waals surface area (Å²) in [4.78, 5) is 34.3. The van der Waals surface area contributed by atoms with Gasteiger partial charge in [-0.15, -0.1) is 0 Å². The van der Waals surface area contributed by atoms with E-state index in [1.807, 2.05) is 4.90 Å². The minimum atomic E-state index is -4.86. The summed E-state index contributed by atoms with van der Waals surface area (Å²) in [5, 5.41) is 0.123. The number of carbonyl (C=O) groups is 1. The van der Waals surface area contributed by atoms with Gasteiger partial charge < -0.3 is 20.3 Å². The number of halogens is 5. The van der Waals surface area contributed by atoms with Gasteiger partial charge in [0.15, 0.2) is 5.82 Å². The molecule has 1 amide bonds. The number of likely N-dealkylation sites (N-methyl/N-ethyl adjacent to an activating group) is 1. The molecule has 10 nitrogen and oxygen atoms in total. The highest BCUT2D eigenvalue weighted by atomic mass is 19.4. The SMILES string of the molecule is C=CC(=O)N1CC[C@@H](N(C)c2nc(OC[C@@]34CCCN3CC(F)C4)nc3c(F)c(-c4nc(N)ccc4C(F)(F)F)ncc23)C1. The second-order valence-corrected chi connectivity index (χ2v) is 11.5. The van der Waals surface area contributed by atoms with E-state index in [1.54, 1.807) is 16.8 Å². The fourth-order valence-corrected chi connectivity index (χ4v) is 6.61. The van der Waals surface area contributed by atoms with E-state index in [2.05, 4.69) is 26.5 Å². The van der Waals surface area contributed by atoms with Crippen molar-refractivity contribution in [2.75, 3.05) is 50.5 Å². The van der Waals surface area contributed by atoms with E-state index in [-0.39, 0.29) is 53.5 Å². The number of alkyl halides is 4. The Morgan fingerprint density at radius 3 is 2.77 bits per heavy atom. The number of anilines is 2. The van der Waals surface area contributed by atoms with Crippen molar-refractivity contribution in [1.29, 1.82) is 0 Å². The van der Waals surface area contributed by atoms with Crippen LogP contribution in [0.4, 0.5) is 33.6 Å². The average Bonchev–Trinajstić information content (AvgIpc) is 3.69. The van der Waals surface area contributed by atoms with E-state index < -0.39 is 40.7 Å². The van der Waals surface area contributed by atoms with Crippen molar-refractivity contribution in [3.8, 4) is 17.4 Å². The first-order valence-electron chi connectivity index (χ1n) is 14.3. The first-order valence-corrected chi connectivity index (χ1v) is 14.3. The molecule has 3 aliphatic rings. The molecule has 3 saturated heterocycles. The topological polar surface area (TPSA) is 114 Å². The molecule has 44 heavy (non-hydrogen) atoms. The van der Waals surface area contributed by atoms with Crippen LogP contribution in [-0.4, -0.2) is 93.2 Å². The number of amides is 1. The number of rotatable bonds is 7. The van der Waals surface area contributed by atoms with Crippen molar-refractivity contribution in [1.82, 2.24) is 29.7 Å². The van der Waals surface area contributed by atoms with Gasteiger partial charge in [0.1, 0.15) is 41.3 Å². The summed E-state index contributed by atoms with van der Waals surface area (Å²) in [6.45, 7) is 5.43. The lowest BCUT2D eigenvalue weighted by molar-refractivity contribution is -0.137. The van der Waals surface area contributed by atoms with Crippen LogP contribution in [0.3, 0.4) is 0 Å². The summed E-state index contributed by atoms with van der Waals surface area (Å²) in [5.74, 6) is -1.42. The molecule has 3 aromatic rings. The van der Waals surface area contributed by atoms with Crippen LogP contribution in [0.5, 0.6) is 6.01 Å². The number of likely N-dealkylation sites (tertiary alicyclic amines) is 1. The number of hydrogen-bond acceptors (Lipinski definition) is 9. The molecule has 0 spiro atoms. The zero-order valence-electron chi connectivity index (χ0n) is 23.9. The summed E-state index contributed by atoms with van der Waals surface area (Å²) in [6.07, 6.45) is -0.986. The van der Waals surface area contributed by atoms with Gasteiger partial charge in [0.2, 0.25) is 5.91 Å². The number of hydrogen-bond donors (Lipinski definition) is 1. The van der Waals surface area contributed by atoms with E-state index in [1.165, 1.54) is 12.3 Å². The summed E-state index contributed by atoms with van der Waals surface area (Å²) >= 11 is 0. The second kappa shape index (κ2) is 11.1. The number of nitrogens with two attached hydrogens (primary N) is 1. The number of fused-ring (bicyclic) bond motifs is 2. The first kappa shape index (κ1) is 29.9. The van der Waals surface area contributed by atoms with Crippen LogP contribution in [0, 0.1) is 5.82 Å². The molecule has 3 aliphatic heterocycles. The maximum absolute atomic E-state index is 16.3. The lowest BCUT2D eigenvalue weighted by Crippen LogP contribution is -2.43. The Balaban J connectivity index is 1.44. The van der Waals surface area contributed by atoms with Crippen molar-refractivity contribution >= 4 is 28.4 Å². The zero-order chi connectivity index (χ0) is 31.4. The van der Waals surface area contributed by atoms with E-state index in [0.29, 0.717) is 32.5 Å². The van der Waals surface area contributed by atoms with E-state index in [4.69, 9.17) is 10.5 Å². The summed E-state index contributed by atoms with van der Waals surface area (Å²) in [5.41, 5.74) is 2.14. The number of carbonyl (C=O) groups excluding carboxylic acids is 1. The number of pyridine rings is 2. The lowest BCUT2D eigenvalue weighted by atomic mass is 9.95. The maximum atomic E-state index is 16.3. The van der Waals surface area contributed by atoms with Crippen LogP contribution in [0.25, 0.3) is 22.3 Å². The Kier molecular flexibility index (Phi) is 7.54. The third-order valence-electron chi connectivity index (χ3n) is 8.85. The van der Waals surface area contributed by atoms with Crippen LogP contribution in [0.15, 0.2) is 31.0 Å². The fourth-order valence-electron chi connectivity index (χ4n) is 6.61. The van der Waals surface area contributed by atoms with Crippen LogP contribution < -0.4 is 15.4 Å². The predicted octanol–water partition coefficient (Wildman–Crippen LogP) is 4.01. The standard InChI is InChI=1S/C29H31F5N8O2/c1-3-21(43)41-10-7-17(14-41)40(2)26-18-12-36-25(24-19(29(32,33)34)5-6-20(35)37-24)22(31)23(18)38-27(39-26)44-15-28-8-4-9-42(28)13-16(30)11-28/h3,5-6,12,16-17H,1,4,7-11,13-15H2,2H3,(H2,35,37)/t16?,17-,28+/m1/s1. The van der Waals surface area contributed by atoms with E-state index >= 15 is 4.39 Å². The molecule has 0 aliphatic carbocycles. The quantitative estimate of drug-likeness (QED) is 0.310. The zero-order valence-corrected chi connectivity index (χ0v) is 23.9. The van der Waals surface area contributed by atoms with Gasteiger partial charge in [0, 0.05) is 45.3 Å². The lowest BCUT2D eigenvalue weighted by Gasteiger charge is -2.31. The molecular weight excluding hydrogens is 587 g/mol. The monoisotopic (exact) mass is 618 g/mol. The third-order valence-corrected chi connectivity index (χ3v) is 8.85. The highest BCUT2D eigenvalue weighted by Gasteiger charge is 2.49. The van der Waals surface area contributed by atoms with Gasteiger partial charge in [-0.25, -0.2) is 13.8 Å². The van der Waals surface area contributed by atoms with Crippen LogP contribution >= 0.6 is 0 Å². The summed E-state index contributed by atoms with van der Waals surface area (Å²) < 4.78 is 78.3. The Morgan fingerprint density at radius 1 is 1.23 bits per heavy atom. The molecule has 3 aromatic heterocycles. The number of ether oxygens (including phenoxy) is 1. The molecule has 234 valence electrons. The molecule has 0 radical (unpaired) electrons. The van der Waals surface area contributed by atoms with Crippen molar-refractivity contribution in [3.63, 3.8) is 0 Å². The molecular formula is C29H31F5N8O2. The molecule has 6 rings (SSSR count). The fraction of sp³-hybridized carbons (Fsp3) is 0.483. The summed E-state index contributed by atoms with van der Waals surface area (Å²) in [6, 6.07) is 1.25. The first-order chi connectivity index (χ1) is 20.9. The van der Waals surface area contributed by atoms with Crippen molar-refractivity contribution in [3.05, 3.63) is 42.4 Å². The molecule has 0 aromatic carbocycles. The number of nitrogen functional groups attached to an aromatic ring is 1. The average molecular weight is 619 g/mol. The number of aromatic nitrogens is 4. The summed E-state index contributed by atoms with van der Waals surface area (Å²) in [7, 11) is 1.72. The minimum absolute atomic E-state index is 0.0572. The Bertz CT molecular complexity index is 1620. The molecule has 2 N–H and O–H groups in total. The van der Waals surface area contributed by atoms with Crippen LogP contribution in [0.2, 0.25) is 0 Å². The molecule has 1 unspecified atom stereocenters. The van der Waals surface area contributed by atoms with E-state index in [0.717, 1.165) is 25.1 Å². The van der Waals surface area contributed by atoms with Gasteiger partial charge in [0.25, 0.3) is 0 Å². The molecule has 3 fully saturated rings. The Labute approximate surface area is 249 Å². The Morgan fingerprint density at radius 2 is 2.02 bits per heavy atom. The van der Waals surface area contributed by atoms with Gasteiger partial charge in [-0.3, -0.25) is 14.7 Å². The molecule has 0 bridgehead atoms. The third kappa shape index (κ3) is 5.26. The molecule has 3 atom stereocenters. The van der Waals surface area contributed by atoms with E-state index in [9.17, 15) is 22.4 Å². The predicted molar refractivity (Wildman–Crippen MR) is 152 cm³/mol. The van der Waals surface area contributed by atoms with Gasteiger partial charge in [0.05, 0.1) is 16.5 Å². The van der Waals surface area contributed by atoms with Gasteiger partial charge >= 0.3 is 12.2 Å². The smallest absolute Gasteiger partial charge is 0.418 e. The van der Waals surface area contributed by atoms with Crippen molar-refractivity contribution < 1.29 is 31.5 Å². The van der Waals surface area contributed by atoms with Crippen LogP contribution in [-0.2, 0) is 11.0 Å². The highest BCUT2D eigenvalue weighted by Crippen LogP contribution is 2.42. The number of nitrogens with zero attached hydrogens (tertiary/aromatic N) is 7. The van der Waals surface area contributed by atoms with Gasteiger partial charge in [-0.2, -0.15) is 23.1 Å². The largest absolute Gasteiger partial charge is 0.461 e. The second-order valence-electron chi connectivity index (χ2n) is 11.5. The highest BCUT2D eigenvalue weighted by molar-refractivity contribution is 5.92. The minimum Gasteiger partial charge on any atom is -0.461 e. The molecule has 0 saturated carbocycles. The van der Waals surface area contributed by atoms with Gasteiger partial charge in [-0.05, 0) is 44.0 Å². The molecule has 15 heteroatoms. The van der Waals surface area contributed by atoms with Crippen LogP contribution in [0.1, 0.15) is 31.2 Å². The normalized spacial score (nSPS) is 23.7. The van der Waals surface area contributed by atoms with Crippen molar-refractivity contribution in [2.24, 2.45) is 0 Å².